The van der Waals surface area contributed by atoms with Crippen LogP contribution in [-0.4, -0.2) is 30.5 Å². The first-order valence-corrected chi connectivity index (χ1v) is 10.8. The van der Waals surface area contributed by atoms with Gasteiger partial charge in [0.1, 0.15) is 0 Å². The molecule has 2 amide bonds. The Morgan fingerprint density at radius 1 is 1.18 bits per heavy atom. The molecule has 3 aromatic rings. The Bertz CT molecular complexity index is 1190. The number of anilines is 1. The summed E-state index contributed by atoms with van der Waals surface area (Å²) in [6.45, 7) is 0. The van der Waals surface area contributed by atoms with Crippen molar-refractivity contribution in [3.05, 3.63) is 53.6 Å². The van der Waals surface area contributed by atoms with E-state index in [2.05, 4.69) is 22.3 Å². The van der Waals surface area contributed by atoms with Gasteiger partial charge in [-0.2, -0.15) is 5.10 Å². The first-order chi connectivity index (χ1) is 16.1. The van der Waals surface area contributed by atoms with Crippen LogP contribution < -0.4 is 16.5 Å². The Balaban J connectivity index is 0.00000105. The summed E-state index contributed by atoms with van der Waals surface area (Å²) in [6, 6.07) is 12.9. The van der Waals surface area contributed by atoms with Crippen molar-refractivity contribution in [3.8, 4) is 11.3 Å². The molecule has 33 heavy (non-hydrogen) atoms. The lowest BCUT2D eigenvalue weighted by molar-refractivity contribution is -0.118. The second-order valence-corrected chi connectivity index (χ2v) is 8.34. The second-order valence-electron chi connectivity index (χ2n) is 8.34. The summed E-state index contributed by atoms with van der Waals surface area (Å²) in [7, 11) is 0. The number of nitrogens with two attached hydrogens (primary N) is 1. The summed E-state index contributed by atoms with van der Waals surface area (Å²) < 4.78 is 13.0. The molecule has 1 atom stereocenters. The molecule has 8 heteroatoms. The van der Waals surface area contributed by atoms with Gasteiger partial charge in [-0.05, 0) is 36.5 Å². The molecule has 7 nitrogen and oxygen atoms in total. The molecule has 1 aliphatic heterocycles. The van der Waals surface area contributed by atoms with E-state index in [0.29, 0.717) is 11.3 Å². The molecule has 1 aromatic heterocycles. The van der Waals surface area contributed by atoms with E-state index in [4.69, 9.17) is 10.5 Å². The highest BCUT2D eigenvalue weighted by atomic mass is 19.0. The van der Waals surface area contributed by atoms with Gasteiger partial charge in [0, 0.05) is 22.2 Å². The van der Waals surface area contributed by atoms with Crippen molar-refractivity contribution in [2.45, 2.75) is 45.6 Å². The standard InChI is InChI=1S/C24H25N5O2.CH4.FH/c25-21(14-7-3-1-4-8-14)24(31)27-16-11-17-20-18(13-26-29-23(17)30)22(28-19(20)12-16)15-9-5-2-6-10-15;;/h2,5-6,9-14,21,28H,1,3-4,7-8,25H2,(H,27,31)(H,29,30);1H4;1H/t21-;;/m0../s1/i/hT. The molecule has 5 N–H and O–H groups in total. The van der Waals surface area contributed by atoms with Crippen LogP contribution in [-0.2, 0) is 4.79 Å². The molecule has 0 radical (unpaired) electrons. The molecule has 1 aliphatic carbocycles. The highest BCUT2D eigenvalue weighted by Gasteiger charge is 2.27. The number of carbonyl (C=O) groups excluding carboxylic acids is 2. The molecule has 5 rings (SSSR count). The van der Waals surface area contributed by atoms with E-state index >= 15 is 0 Å². The van der Waals surface area contributed by atoms with Gasteiger partial charge in [-0.25, -0.2) is 5.43 Å². The molecule has 0 unspecified atom stereocenters. The van der Waals surface area contributed by atoms with Crippen LogP contribution in [0.3, 0.4) is 0 Å². The molecule has 174 valence electrons. The lowest BCUT2D eigenvalue weighted by Crippen LogP contribution is -2.42. The van der Waals surface area contributed by atoms with Crippen molar-refractivity contribution in [1.29, 1.82) is 1.45 Å². The number of benzene rings is 2. The molecule has 0 saturated heterocycles. The van der Waals surface area contributed by atoms with Gasteiger partial charge in [0.05, 0.1) is 23.5 Å². The predicted molar refractivity (Wildman–Crippen MR) is 131 cm³/mol. The lowest BCUT2D eigenvalue weighted by Gasteiger charge is -2.26. The number of H-pyrrole nitrogens is 1. The Hall–Kier alpha value is -3.52. The number of amides is 2. The third kappa shape index (κ3) is 4.52. The van der Waals surface area contributed by atoms with E-state index in [9.17, 15) is 9.59 Å². The summed E-state index contributed by atoms with van der Waals surface area (Å²) in [5.74, 6) is -0.317. The van der Waals surface area contributed by atoms with Crippen molar-refractivity contribution in [2.75, 3.05) is 5.32 Å². The maximum Gasteiger partial charge on any atom is 0.272 e. The van der Waals surface area contributed by atoms with Crippen LogP contribution in [0.5, 0.6) is 0 Å². The summed E-state index contributed by atoms with van der Waals surface area (Å²) >= 11 is 0. The Kier molecular flexibility index (Phi) is 6.84. The molecule has 0 bridgehead atoms. The summed E-state index contributed by atoms with van der Waals surface area (Å²) in [5, 5.41) is 7.80. The van der Waals surface area contributed by atoms with E-state index in [-0.39, 0.29) is 25.2 Å². The monoisotopic (exact) mass is 453 g/mol. The van der Waals surface area contributed by atoms with Crippen LogP contribution in [0.15, 0.2) is 47.6 Å². The third-order valence-electron chi connectivity index (χ3n) is 6.33. The van der Waals surface area contributed by atoms with Gasteiger partial charge in [0.2, 0.25) is 5.91 Å². The van der Waals surface area contributed by atoms with E-state index < -0.39 is 6.04 Å². The quantitative estimate of drug-likeness (QED) is 0.465. The van der Waals surface area contributed by atoms with E-state index in [1.807, 2.05) is 36.4 Å². The third-order valence-corrected chi connectivity index (χ3v) is 6.33. The van der Waals surface area contributed by atoms with Crippen molar-refractivity contribution in [3.63, 3.8) is 0 Å². The zero-order valence-electron chi connectivity index (χ0n) is 18.5. The maximum atomic E-state index is 12.8. The van der Waals surface area contributed by atoms with Gasteiger partial charge < -0.3 is 16.0 Å². The number of hydrazone groups is 1. The molecule has 2 aliphatic rings. The summed E-state index contributed by atoms with van der Waals surface area (Å²) in [5.41, 5.74) is 13.3. The van der Waals surface area contributed by atoms with Gasteiger partial charge in [-0.1, -0.05) is 57.0 Å². The number of nitrogens with zero attached hydrogens (tertiary/aromatic N) is 1. The zero-order valence-corrected chi connectivity index (χ0v) is 17.5. The van der Waals surface area contributed by atoms with Crippen LogP contribution in [0.4, 0.5) is 10.4 Å². The first kappa shape index (κ1) is 22.7. The highest BCUT2D eigenvalue weighted by Crippen LogP contribution is 2.34. The van der Waals surface area contributed by atoms with Crippen molar-refractivity contribution in [1.82, 2.24) is 10.4 Å². The summed E-state index contributed by atoms with van der Waals surface area (Å²) in [6.07, 6.45) is 7.08. The van der Waals surface area contributed by atoms with Gasteiger partial charge in [-0.3, -0.25) is 14.3 Å². The number of aromatic nitrogens is 1. The van der Waals surface area contributed by atoms with Crippen LogP contribution in [0.2, 0.25) is 0 Å². The van der Waals surface area contributed by atoms with Crippen LogP contribution in [0, 0.1) is 5.92 Å². The van der Waals surface area contributed by atoms with Crippen LogP contribution >= 0.6 is 0 Å². The average molecular weight is 454 g/mol. The fraction of sp³-hybridized carbons (Fsp3) is 0.320. The number of rotatable bonds is 4. The number of carbonyl (C=O) groups is 2. The van der Waals surface area contributed by atoms with Gasteiger partial charge >= 0.3 is 0 Å². The Morgan fingerprint density at radius 3 is 2.64 bits per heavy atom. The van der Waals surface area contributed by atoms with E-state index in [1.54, 1.807) is 12.3 Å². The van der Waals surface area contributed by atoms with Gasteiger partial charge in [0.15, 0.2) is 0 Å². The fourth-order valence-corrected chi connectivity index (χ4v) is 4.72. The summed E-state index contributed by atoms with van der Waals surface area (Å²) in [4.78, 5) is 28.9. The highest BCUT2D eigenvalue weighted by molar-refractivity contribution is 6.18. The van der Waals surface area contributed by atoms with E-state index in [1.165, 1.54) is 6.42 Å². The smallest absolute Gasteiger partial charge is 0.272 e. The lowest BCUT2D eigenvalue weighted by atomic mass is 9.84. The molecule has 2 aromatic carbocycles. The van der Waals surface area contributed by atoms with Crippen molar-refractivity contribution >= 4 is 34.6 Å². The topological polar surface area (TPSA) is 112 Å². The molecular weight excluding hydrogens is 421 g/mol. The minimum atomic E-state index is -0.550. The van der Waals surface area contributed by atoms with Gasteiger partial charge in [-0.15, -0.1) is 0 Å². The predicted octanol–water partition coefficient (Wildman–Crippen LogP) is 4.55. The molecule has 1 saturated carbocycles. The number of nitrogens with one attached hydrogen (secondary N) is 3. The Labute approximate surface area is 193 Å². The SMILES string of the molecule is C.N[C@H](C(=O)Nc1cc2c3c(c(-c4ccccc4)[nH]c3c1)C=NNC2=O)C1CCCCC1.[3H]F. The number of hydrogen-bond donors (Lipinski definition) is 4. The van der Waals surface area contributed by atoms with Crippen LogP contribution in [0.25, 0.3) is 22.2 Å². The van der Waals surface area contributed by atoms with Gasteiger partial charge in [0.25, 0.3) is 7.36 Å². The number of hydrogen-bond acceptors (Lipinski definition) is 4. The minimum Gasteiger partial charge on any atom is -0.354 e. The molecule has 1 fully saturated rings. The average Bonchev–Trinajstić information content (AvgIpc) is 3.14. The molecule has 2 heterocycles. The fourth-order valence-electron chi connectivity index (χ4n) is 4.72. The minimum absolute atomic E-state index is 0. The first-order valence-electron chi connectivity index (χ1n) is 11.1. The molecule has 0 spiro atoms. The van der Waals surface area contributed by atoms with Crippen molar-refractivity contribution in [2.24, 2.45) is 16.8 Å². The van der Waals surface area contributed by atoms with E-state index in [0.717, 1.165) is 53.4 Å². The number of halogens is 1. The normalized spacial score (nSPS) is 16.4. The van der Waals surface area contributed by atoms with Crippen molar-refractivity contribution < 1.29 is 14.3 Å². The zero-order chi connectivity index (χ0) is 23.4. The second kappa shape index (κ2) is 9.95. The largest absolute Gasteiger partial charge is 0.354 e. The number of aromatic amines is 1. The molecular formula is C25H30FN5O2. The maximum absolute atomic E-state index is 12.8. The Morgan fingerprint density at radius 2 is 1.91 bits per heavy atom. The van der Waals surface area contributed by atoms with Crippen LogP contribution in [0.1, 0.15) is 55.5 Å².